The fraction of sp³-hybridized carbons (Fsp3) is 0.591. The summed E-state index contributed by atoms with van der Waals surface area (Å²) in [4.78, 5) is 16.1. The number of carbonyl (C=O) groups excluding carboxylic acids is 1. The molecule has 0 bridgehead atoms. The van der Waals surface area contributed by atoms with Gasteiger partial charge in [0, 0.05) is 43.9 Å². The Bertz CT molecular complexity index is 1010. The van der Waals surface area contributed by atoms with Crippen molar-refractivity contribution in [3.63, 3.8) is 0 Å². The highest BCUT2D eigenvalue weighted by Crippen LogP contribution is 2.27. The summed E-state index contributed by atoms with van der Waals surface area (Å²) < 4.78 is 45.5. The fourth-order valence-corrected chi connectivity index (χ4v) is 3.98. The number of benzene rings is 1. The van der Waals surface area contributed by atoms with Gasteiger partial charge in [0.05, 0.1) is 0 Å². The number of nitrogens with zero attached hydrogens (tertiary/aromatic N) is 2. The number of halogens is 1. The maximum Gasteiger partial charge on any atom is 0.488 e. The third-order valence-corrected chi connectivity index (χ3v) is 5.87. The third kappa shape index (κ3) is 8.80. The van der Waals surface area contributed by atoms with Crippen molar-refractivity contribution < 1.29 is 26.0 Å². The molecule has 1 saturated heterocycles. The van der Waals surface area contributed by atoms with Crippen molar-refractivity contribution in [1.82, 2.24) is 9.80 Å². The predicted octanol–water partition coefficient (Wildman–Crippen LogP) is 3.87. The minimum Gasteiger partial charge on any atom is -0.444 e. The molecule has 1 aliphatic heterocycles. The van der Waals surface area contributed by atoms with Gasteiger partial charge in [-0.05, 0) is 45.4 Å². The Labute approximate surface area is 192 Å². The standard InChI is InChI=1S/C22H33FN2O5SSi/c1-17-19(8-13-32(5,6)7)14-18(15-20(17)30-31(23,27)28)16-24-9-11-25(12-10-24)21(26)29-22(2,3)4/h14-15H,9-12,16H2,1-7H3. The maximum atomic E-state index is 13.2. The number of rotatable bonds is 4. The second-order valence-corrected chi connectivity index (χ2v) is 15.7. The molecular weight excluding hydrogens is 451 g/mol. The average Bonchev–Trinajstić information content (AvgIpc) is 2.60. The lowest BCUT2D eigenvalue weighted by Crippen LogP contribution is -2.49. The smallest absolute Gasteiger partial charge is 0.444 e. The van der Waals surface area contributed by atoms with Gasteiger partial charge >= 0.3 is 16.6 Å². The molecule has 0 aliphatic carbocycles. The molecule has 0 atom stereocenters. The van der Waals surface area contributed by atoms with Gasteiger partial charge in [0.1, 0.15) is 19.4 Å². The topological polar surface area (TPSA) is 76.2 Å². The minimum atomic E-state index is -5.15. The summed E-state index contributed by atoms with van der Waals surface area (Å²) >= 11 is 0. The van der Waals surface area contributed by atoms with Gasteiger partial charge < -0.3 is 13.8 Å². The van der Waals surface area contributed by atoms with E-state index in [1.807, 2.05) is 26.8 Å². The second kappa shape index (κ2) is 9.81. The first-order valence-corrected chi connectivity index (χ1v) is 15.3. The largest absolute Gasteiger partial charge is 0.488 e. The van der Waals surface area contributed by atoms with Crippen molar-refractivity contribution >= 4 is 24.7 Å². The predicted molar refractivity (Wildman–Crippen MR) is 125 cm³/mol. The SMILES string of the molecule is Cc1c(C#C[Si](C)(C)C)cc(CN2CCN(C(=O)OC(C)(C)C)CC2)cc1OS(=O)(=O)F. The molecule has 0 spiro atoms. The van der Waals surface area contributed by atoms with Crippen LogP contribution in [0.3, 0.4) is 0 Å². The third-order valence-electron chi connectivity index (χ3n) is 4.61. The van der Waals surface area contributed by atoms with E-state index in [0.717, 1.165) is 5.56 Å². The van der Waals surface area contributed by atoms with Gasteiger partial charge in [0.15, 0.2) is 0 Å². The van der Waals surface area contributed by atoms with Gasteiger partial charge in [-0.3, -0.25) is 4.90 Å². The zero-order chi connectivity index (χ0) is 24.3. The number of hydrogen-bond donors (Lipinski definition) is 0. The maximum absolute atomic E-state index is 13.2. The zero-order valence-electron chi connectivity index (χ0n) is 19.9. The van der Waals surface area contributed by atoms with Gasteiger partial charge in [-0.25, -0.2) is 4.79 Å². The van der Waals surface area contributed by atoms with Crippen molar-refractivity contribution in [2.45, 2.75) is 59.5 Å². The lowest BCUT2D eigenvalue weighted by Gasteiger charge is -2.35. The zero-order valence-corrected chi connectivity index (χ0v) is 21.7. The molecule has 1 heterocycles. The second-order valence-electron chi connectivity index (χ2n) is 9.99. The first-order chi connectivity index (χ1) is 14.5. The summed E-state index contributed by atoms with van der Waals surface area (Å²) in [6, 6.07) is 3.42. The van der Waals surface area contributed by atoms with Crippen molar-refractivity contribution in [2.24, 2.45) is 0 Å². The van der Waals surface area contributed by atoms with Crippen LogP contribution in [0.15, 0.2) is 12.1 Å². The van der Waals surface area contributed by atoms with E-state index in [2.05, 4.69) is 40.2 Å². The van der Waals surface area contributed by atoms with E-state index in [9.17, 15) is 17.1 Å². The Balaban J connectivity index is 2.19. The van der Waals surface area contributed by atoms with Gasteiger partial charge in [-0.15, -0.1) is 5.54 Å². The van der Waals surface area contributed by atoms with Gasteiger partial charge in [0.25, 0.3) is 0 Å². The summed E-state index contributed by atoms with van der Waals surface area (Å²) in [5.41, 5.74) is 4.58. The highest BCUT2D eigenvalue weighted by Gasteiger charge is 2.26. The van der Waals surface area contributed by atoms with E-state index in [0.29, 0.717) is 43.9 Å². The molecule has 10 heteroatoms. The Kier molecular flexibility index (Phi) is 8.02. The number of hydrogen-bond acceptors (Lipinski definition) is 6. The fourth-order valence-electron chi connectivity index (χ4n) is 3.09. The molecule has 0 radical (unpaired) electrons. The average molecular weight is 485 g/mol. The molecule has 0 saturated carbocycles. The molecule has 1 aromatic carbocycles. The Morgan fingerprint density at radius 1 is 1.16 bits per heavy atom. The normalized spacial score (nSPS) is 15.7. The van der Waals surface area contributed by atoms with Crippen LogP contribution in [-0.4, -0.2) is 64.2 Å². The van der Waals surface area contributed by atoms with Crippen LogP contribution < -0.4 is 4.18 Å². The Morgan fingerprint density at radius 2 is 1.75 bits per heavy atom. The van der Waals surface area contributed by atoms with E-state index >= 15 is 0 Å². The van der Waals surface area contributed by atoms with Crippen LogP contribution in [0, 0.1) is 18.4 Å². The number of piperazine rings is 1. The van der Waals surface area contributed by atoms with E-state index in [1.54, 1.807) is 11.8 Å². The van der Waals surface area contributed by atoms with E-state index in [1.165, 1.54) is 6.07 Å². The molecule has 7 nitrogen and oxygen atoms in total. The molecule has 0 aromatic heterocycles. The number of amides is 1. The molecule has 1 fully saturated rings. The van der Waals surface area contributed by atoms with Crippen molar-refractivity contribution in [2.75, 3.05) is 26.2 Å². The number of carbonyl (C=O) groups is 1. The summed E-state index contributed by atoms with van der Waals surface area (Å²) in [5.74, 6) is 3.07. The minimum absolute atomic E-state index is 0.0581. The highest BCUT2D eigenvalue weighted by atomic mass is 32.3. The Hall–Kier alpha value is -2.09. The van der Waals surface area contributed by atoms with E-state index in [-0.39, 0.29) is 11.8 Å². The molecule has 1 aliphatic rings. The molecule has 0 unspecified atom stereocenters. The summed E-state index contributed by atoms with van der Waals surface area (Å²) in [7, 11) is -6.83. The van der Waals surface area contributed by atoms with Crippen molar-refractivity contribution in [1.29, 1.82) is 0 Å². The summed E-state index contributed by atoms with van der Waals surface area (Å²) in [6.07, 6.45) is -0.333. The number of ether oxygens (including phenoxy) is 1. The summed E-state index contributed by atoms with van der Waals surface area (Å²) in [6.45, 7) is 16.3. The molecule has 1 aromatic rings. The van der Waals surface area contributed by atoms with Crippen LogP contribution in [0.2, 0.25) is 19.6 Å². The molecule has 1 amide bonds. The molecule has 32 heavy (non-hydrogen) atoms. The van der Waals surface area contributed by atoms with Gasteiger partial charge in [-0.1, -0.05) is 29.4 Å². The van der Waals surface area contributed by atoms with Gasteiger partial charge in [0.2, 0.25) is 0 Å². The first kappa shape index (κ1) is 26.2. The van der Waals surface area contributed by atoms with Crippen LogP contribution in [-0.2, 0) is 21.8 Å². The van der Waals surface area contributed by atoms with Gasteiger partial charge in [-0.2, -0.15) is 8.42 Å². The Morgan fingerprint density at radius 3 is 2.25 bits per heavy atom. The van der Waals surface area contributed by atoms with Crippen LogP contribution in [0.5, 0.6) is 5.75 Å². The van der Waals surface area contributed by atoms with Crippen LogP contribution in [0.4, 0.5) is 8.68 Å². The lowest BCUT2D eigenvalue weighted by molar-refractivity contribution is 0.0139. The quantitative estimate of drug-likeness (QED) is 0.367. The van der Waals surface area contributed by atoms with E-state index in [4.69, 9.17) is 4.74 Å². The van der Waals surface area contributed by atoms with Crippen LogP contribution in [0.25, 0.3) is 0 Å². The molecule has 178 valence electrons. The van der Waals surface area contributed by atoms with Crippen molar-refractivity contribution in [3.05, 3.63) is 28.8 Å². The lowest BCUT2D eigenvalue weighted by atomic mass is 10.0. The van der Waals surface area contributed by atoms with Crippen molar-refractivity contribution in [3.8, 4) is 17.2 Å². The molecule has 2 rings (SSSR count). The molecule has 0 N–H and O–H groups in total. The van der Waals surface area contributed by atoms with E-state index < -0.39 is 24.2 Å². The highest BCUT2D eigenvalue weighted by molar-refractivity contribution is 7.81. The summed E-state index contributed by atoms with van der Waals surface area (Å²) in [5, 5.41) is 0. The monoisotopic (exact) mass is 484 g/mol. The molecular formula is C22H33FN2O5SSi. The van der Waals surface area contributed by atoms with Crippen LogP contribution >= 0.6 is 0 Å². The van der Waals surface area contributed by atoms with Crippen LogP contribution in [0.1, 0.15) is 37.5 Å². The first-order valence-electron chi connectivity index (χ1n) is 10.5.